The van der Waals surface area contributed by atoms with Gasteiger partial charge in [-0.15, -0.1) is 0 Å². The van der Waals surface area contributed by atoms with Gasteiger partial charge < -0.3 is 10.5 Å². The normalized spacial score (nSPS) is 22.3. The molecule has 0 bridgehead atoms. The highest BCUT2D eigenvalue weighted by Crippen LogP contribution is 2.22. The minimum atomic E-state index is -0.840. The Bertz CT molecular complexity index is 414. The topological polar surface area (TPSA) is 38.5 Å². The summed E-state index contributed by atoms with van der Waals surface area (Å²) in [6, 6.07) is 4.08. The van der Waals surface area contributed by atoms with E-state index in [4.69, 9.17) is 10.5 Å². The molecular formula is C13H18F2N2O. The first-order valence-corrected chi connectivity index (χ1v) is 6.06. The number of hydrogen-bond donors (Lipinski definition) is 1. The Kier molecular flexibility index (Phi) is 4.27. The predicted octanol–water partition coefficient (Wildman–Crippen LogP) is 1.69. The smallest absolute Gasteiger partial charge is 0.159 e. The van der Waals surface area contributed by atoms with Crippen molar-refractivity contribution in [3.63, 3.8) is 0 Å². The van der Waals surface area contributed by atoms with Crippen LogP contribution in [0, 0.1) is 11.6 Å². The third-order valence-electron chi connectivity index (χ3n) is 3.33. The minimum absolute atomic E-state index is 0.201. The molecule has 18 heavy (non-hydrogen) atoms. The van der Waals surface area contributed by atoms with Gasteiger partial charge in [-0.25, -0.2) is 8.78 Å². The number of likely N-dealkylation sites (tertiary alicyclic amines) is 1. The monoisotopic (exact) mass is 256 g/mol. The Hall–Kier alpha value is -1.04. The zero-order chi connectivity index (χ0) is 13.1. The lowest BCUT2D eigenvalue weighted by Gasteiger charge is -2.23. The fourth-order valence-corrected chi connectivity index (χ4v) is 2.29. The molecule has 0 spiro atoms. The van der Waals surface area contributed by atoms with Gasteiger partial charge in [-0.05, 0) is 30.7 Å². The third-order valence-corrected chi connectivity index (χ3v) is 3.33. The van der Waals surface area contributed by atoms with Crippen LogP contribution in [-0.4, -0.2) is 37.7 Å². The highest BCUT2D eigenvalue weighted by molar-refractivity contribution is 5.20. The highest BCUT2D eigenvalue weighted by Gasteiger charge is 2.23. The number of methoxy groups -OCH3 is 1. The first-order chi connectivity index (χ1) is 8.60. The molecule has 1 saturated heterocycles. The summed E-state index contributed by atoms with van der Waals surface area (Å²) in [4.78, 5) is 2.18. The van der Waals surface area contributed by atoms with E-state index in [9.17, 15) is 8.78 Å². The van der Waals surface area contributed by atoms with Gasteiger partial charge in [0.1, 0.15) is 0 Å². The zero-order valence-electron chi connectivity index (χ0n) is 10.4. The molecule has 100 valence electrons. The molecule has 2 N–H and O–H groups in total. The molecule has 1 heterocycles. The lowest BCUT2D eigenvalue weighted by molar-refractivity contribution is 0.0704. The maximum absolute atomic E-state index is 13.2. The van der Waals surface area contributed by atoms with Crippen LogP contribution in [0.4, 0.5) is 8.78 Å². The van der Waals surface area contributed by atoms with E-state index in [-0.39, 0.29) is 12.1 Å². The molecule has 0 amide bonds. The molecule has 0 radical (unpaired) electrons. The molecule has 1 aromatic rings. The largest absolute Gasteiger partial charge is 0.375 e. The van der Waals surface area contributed by atoms with Crippen molar-refractivity contribution >= 4 is 0 Å². The third kappa shape index (κ3) is 3.04. The summed E-state index contributed by atoms with van der Waals surface area (Å²) in [6.07, 6.45) is 0.708. The highest BCUT2D eigenvalue weighted by atomic mass is 19.2. The molecule has 5 heteroatoms. The molecule has 2 atom stereocenters. The van der Waals surface area contributed by atoms with Crippen LogP contribution >= 0.6 is 0 Å². The van der Waals surface area contributed by atoms with Gasteiger partial charge in [0.2, 0.25) is 0 Å². The molecule has 1 fully saturated rings. The van der Waals surface area contributed by atoms with E-state index in [1.54, 1.807) is 13.2 Å². The molecule has 2 rings (SSSR count). The van der Waals surface area contributed by atoms with E-state index in [1.165, 1.54) is 6.07 Å². The number of nitrogens with zero attached hydrogens (tertiary/aromatic N) is 1. The maximum Gasteiger partial charge on any atom is 0.159 e. The average Bonchev–Trinajstić information content (AvgIpc) is 2.75. The molecule has 3 nitrogen and oxygen atoms in total. The van der Waals surface area contributed by atoms with E-state index < -0.39 is 11.6 Å². The molecule has 1 aliphatic heterocycles. The molecule has 0 aliphatic carbocycles. The molecule has 0 saturated carbocycles. The van der Waals surface area contributed by atoms with Gasteiger partial charge in [-0.2, -0.15) is 0 Å². The second-order valence-electron chi connectivity index (χ2n) is 4.71. The Morgan fingerprint density at radius 2 is 2.22 bits per heavy atom. The summed E-state index contributed by atoms with van der Waals surface area (Å²) < 4.78 is 31.4. The van der Waals surface area contributed by atoms with E-state index in [0.717, 1.165) is 25.6 Å². The fraction of sp³-hybridized carbons (Fsp3) is 0.538. The Morgan fingerprint density at radius 1 is 1.44 bits per heavy atom. The van der Waals surface area contributed by atoms with Crippen molar-refractivity contribution in [2.24, 2.45) is 5.73 Å². The van der Waals surface area contributed by atoms with Gasteiger partial charge in [0, 0.05) is 26.2 Å². The SMILES string of the molecule is COC(CN1CCC(N)C1)c1ccc(F)c(F)c1. The summed E-state index contributed by atoms with van der Waals surface area (Å²) in [6.45, 7) is 2.39. The van der Waals surface area contributed by atoms with Crippen molar-refractivity contribution in [3.05, 3.63) is 35.4 Å². The van der Waals surface area contributed by atoms with Crippen molar-refractivity contribution in [1.29, 1.82) is 0 Å². The van der Waals surface area contributed by atoms with Gasteiger partial charge in [-0.3, -0.25) is 4.90 Å². The number of benzene rings is 1. The first-order valence-electron chi connectivity index (χ1n) is 6.06. The maximum atomic E-state index is 13.2. The molecule has 1 aliphatic rings. The summed E-state index contributed by atoms with van der Waals surface area (Å²) in [5.41, 5.74) is 6.48. The lowest BCUT2D eigenvalue weighted by Crippen LogP contribution is -2.30. The number of halogens is 2. The zero-order valence-corrected chi connectivity index (χ0v) is 10.4. The predicted molar refractivity (Wildman–Crippen MR) is 65.1 cm³/mol. The van der Waals surface area contributed by atoms with E-state index in [2.05, 4.69) is 4.90 Å². The van der Waals surface area contributed by atoms with E-state index >= 15 is 0 Å². The number of hydrogen-bond acceptors (Lipinski definition) is 3. The number of rotatable bonds is 4. The van der Waals surface area contributed by atoms with Crippen molar-refractivity contribution in [2.45, 2.75) is 18.6 Å². The Labute approximate surface area is 106 Å². The minimum Gasteiger partial charge on any atom is -0.375 e. The quantitative estimate of drug-likeness (QED) is 0.891. The van der Waals surface area contributed by atoms with Gasteiger partial charge in [0.05, 0.1) is 6.10 Å². The van der Waals surface area contributed by atoms with Crippen molar-refractivity contribution < 1.29 is 13.5 Å². The Morgan fingerprint density at radius 3 is 2.78 bits per heavy atom. The first kappa shape index (κ1) is 13.4. The standard InChI is InChI=1S/C13H18F2N2O/c1-18-13(8-17-5-4-10(16)7-17)9-2-3-11(14)12(15)6-9/h2-3,6,10,13H,4-5,7-8,16H2,1H3. The summed E-state index contributed by atoms with van der Waals surface area (Å²) >= 11 is 0. The fourth-order valence-electron chi connectivity index (χ4n) is 2.29. The van der Waals surface area contributed by atoms with Gasteiger partial charge in [0.15, 0.2) is 11.6 Å². The van der Waals surface area contributed by atoms with Crippen LogP contribution in [-0.2, 0) is 4.74 Å². The second kappa shape index (κ2) is 5.73. The summed E-state index contributed by atoms with van der Waals surface area (Å²) in [7, 11) is 1.57. The molecule has 0 aromatic heterocycles. The average molecular weight is 256 g/mol. The second-order valence-corrected chi connectivity index (χ2v) is 4.71. The number of ether oxygens (including phenoxy) is 1. The number of nitrogens with two attached hydrogens (primary N) is 1. The van der Waals surface area contributed by atoms with Crippen LogP contribution in [0.1, 0.15) is 18.1 Å². The van der Waals surface area contributed by atoms with Crippen molar-refractivity contribution in [1.82, 2.24) is 4.90 Å². The van der Waals surface area contributed by atoms with Crippen LogP contribution in [0.3, 0.4) is 0 Å². The molecule has 1 aromatic carbocycles. The van der Waals surface area contributed by atoms with Gasteiger partial charge >= 0.3 is 0 Å². The van der Waals surface area contributed by atoms with Gasteiger partial charge in [-0.1, -0.05) is 6.07 Å². The van der Waals surface area contributed by atoms with Crippen LogP contribution < -0.4 is 5.73 Å². The van der Waals surface area contributed by atoms with Crippen molar-refractivity contribution in [2.75, 3.05) is 26.7 Å². The summed E-state index contributed by atoms with van der Waals surface area (Å²) in [5, 5.41) is 0. The van der Waals surface area contributed by atoms with Crippen molar-refractivity contribution in [3.8, 4) is 0 Å². The van der Waals surface area contributed by atoms with Gasteiger partial charge in [0.25, 0.3) is 0 Å². The lowest BCUT2D eigenvalue weighted by atomic mass is 10.1. The summed E-state index contributed by atoms with van der Waals surface area (Å²) in [5.74, 6) is -1.68. The van der Waals surface area contributed by atoms with E-state index in [0.29, 0.717) is 12.1 Å². The van der Waals surface area contributed by atoms with Crippen LogP contribution in [0.5, 0.6) is 0 Å². The van der Waals surface area contributed by atoms with Crippen LogP contribution in [0.2, 0.25) is 0 Å². The molecular weight excluding hydrogens is 238 g/mol. The Balaban J connectivity index is 2.05. The molecule has 2 unspecified atom stereocenters. The van der Waals surface area contributed by atoms with E-state index in [1.807, 2.05) is 0 Å². The van der Waals surface area contributed by atoms with Crippen LogP contribution in [0.15, 0.2) is 18.2 Å². The van der Waals surface area contributed by atoms with Crippen LogP contribution in [0.25, 0.3) is 0 Å².